The van der Waals surface area contributed by atoms with Gasteiger partial charge in [0.1, 0.15) is 0 Å². The third-order valence-corrected chi connectivity index (χ3v) is 6.57. The van der Waals surface area contributed by atoms with Crippen LogP contribution in [0.1, 0.15) is 27.6 Å². The Hall–Kier alpha value is -3.47. The van der Waals surface area contributed by atoms with E-state index in [2.05, 4.69) is 10.0 Å². The fourth-order valence-corrected chi connectivity index (χ4v) is 4.94. The van der Waals surface area contributed by atoms with Crippen LogP contribution >= 0.6 is 23.2 Å². The lowest BCUT2D eigenvalue weighted by molar-refractivity contribution is 0.0526. The summed E-state index contributed by atoms with van der Waals surface area (Å²) in [5.41, 5.74) is 0.761. The molecule has 0 saturated carbocycles. The van der Waals surface area contributed by atoms with Gasteiger partial charge in [0.05, 0.1) is 37.0 Å². The number of nitrogens with one attached hydrogen (secondary N) is 2. The second kappa shape index (κ2) is 11.5. The lowest BCUT2D eigenvalue weighted by atomic mass is 10.1. The summed E-state index contributed by atoms with van der Waals surface area (Å²) in [5.74, 6) is -0.867. The lowest BCUT2D eigenvalue weighted by Gasteiger charge is -2.17. The number of hydrogen-bond donors (Lipinski definition) is 2. The smallest absolute Gasteiger partial charge is 0.338 e. The number of rotatable bonds is 9. The van der Waals surface area contributed by atoms with Crippen molar-refractivity contribution in [3.63, 3.8) is 0 Å². The van der Waals surface area contributed by atoms with E-state index in [-0.39, 0.29) is 44.3 Å². The Balaban J connectivity index is 1.93. The van der Waals surface area contributed by atoms with Gasteiger partial charge >= 0.3 is 5.97 Å². The molecule has 36 heavy (non-hydrogen) atoms. The molecule has 0 heterocycles. The molecule has 0 aliphatic carbocycles. The van der Waals surface area contributed by atoms with Gasteiger partial charge in [0.2, 0.25) is 0 Å². The summed E-state index contributed by atoms with van der Waals surface area (Å²) >= 11 is 11.9. The zero-order chi connectivity index (χ0) is 26.5. The Bertz CT molecular complexity index is 1370. The van der Waals surface area contributed by atoms with E-state index in [9.17, 15) is 18.0 Å². The van der Waals surface area contributed by atoms with E-state index in [1.165, 1.54) is 68.8 Å². The molecule has 0 aliphatic rings. The van der Waals surface area contributed by atoms with Crippen LogP contribution in [0.2, 0.25) is 10.0 Å². The number of esters is 1. The molecule has 0 bridgehead atoms. The first-order valence-electron chi connectivity index (χ1n) is 10.4. The molecule has 3 aromatic carbocycles. The Morgan fingerprint density at radius 2 is 1.53 bits per heavy atom. The van der Waals surface area contributed by atoms with Gasteiger partial charge in [-0.15, -0.1) is 0 Å². The van der Waals surface area contributed by atoms with Gasteiger partial charge in [0.15, 0.2) is 11.5 Å². The summed E-state index contributed by atoms with van der Waals surface area (Å²) in [7, 11) is -1.48. The zero-order valence-electron chi connectivity index (χ0n) is 19.4. The first kappa shape index (κ1) is 27.1. The van der Waals surface area contributed by atoms with Gasteiger partial charge in [-0.3, -0.25) is 9.52 Å². The minimum absolute atomic E-state index is 0.0456. The van der Waals surface area contributed by atoms with Crippen molar-refractivity contribution in [1.29, 1.82) is 0 Å². The number of carbonyl (C=O) groups excluding carboxylic acids is 2. The lowest BCUT2D eigenvalue weighted by Crippen LogP contribution is -2.16. The van der Waals surface area contributed by atoms with E-state index in [1.807, 2.05) is 0 Å². The number of anilines is 2. The number of ether oxygens (including phenoxy) is 3. The molecular formula is C24H22Cl2N2O7S. The summed E-state index contributed by atoms with van der Waals surface area (Å²) in [5, 5.41) is 2.95. The van der Waals surface area contributed by atoms with E-state index in [1.54, 1.807) is 6.92 Å². The highest BCUT2D eigenvalue weighted by molar-refractivity contribution is 7.92. The molecule has 9 nitrogen and oxygen atoms in total. The Morgan fingerprint density at radius 1 is 0.889 bits per heavy atom. The van der Waals surface area contributed by atoms with Gasteiger partial charge in [-0.05, 0) is 61.5 Å². The first-order valence-corrected chi connectivity index (χ1v) is 12.6. The zero-order valence-corrected chi connectivity index (χ0v) is 21.8. The molecule has 3 aromatic rings. The molecule has 0 atom stereocenters. The van der Waals surface area contributed by atoms with E-state index in [0.717, 1.165) is 0 Å². The monoisotopic (exact) mass is 552 g/mol. The van der Waals surface area contributed by atoms with Gasteiger partial charge in [-0.2, -0.15) is 0 Å². The van der Waals surface area contributed by atoms with Crippen molar-refractivity contribution in [2.75, 3.05) is 30.9 Å². The topological polar surface area (TPSA) is 120 Å². The second-order valence-corrected chi connectivity index (χ2v) is 9.78. The van der Waals surface area contributed by atoms with Gasteiger partial charge in [0, 0.05) is 21.3 Å². The predicted molar refractivity (Wildman–Crippen MR) is 137 cm³/mol. The molecule has 1 amide bonds. The fourth-order valence-electron chi connectivity index (χ4n) is 3.17. The SMILES string of the molecule is CCOC(=O)c1ccc(NC(=O)c2cc(NS(=O)(=O)c3cc(Cl)cc(Cl)c3)c(OC)c(OC)c2)cc1. The average molecular weight is 553 g/mol. The number of halogens is 2. The van der Waals surface area contributed by atoms with Crippen LogP contribution in [0.4, 0.5) is 11.4 Å². The van der Waals surface area contributed by atoms with Crippen LogP contribution in [0.5, 0.6) is 11.5 Å². The molecule has 2 N–H and O–H groups in total. The quantitative estimate of drug-likeness (QED) is 0.348. The molecule has 0 aromatic heterocycles. The molecule has 0 saturated heterocycles. The van der Waals surface area contributed by atoms with E-state index < -0.39 is 21.9 Å². The summed E-state index contributed by atoms with van der Waals surface area (Å²) in [6, 6.07) is 12.7. The standard InChI is InChI=1S/C24H22Cl2N2O7S/c1-4-35-24(30)14-5-7-18(8-6-14)27-23(29)15-9-20(22(34-3)21(10-15)33-2)28-36(31,32)19-12-16(25)11-17(26)13-19/h5-13,28H,4H2,1-3H3,(H,27,29). The van der Waals surface area contributed by atoms with Crippen LogP contribution in [-0.2, 0) is 14.8 Å². The highest BCUT2D eigenvalue weighted by atomic mass is 35.5. The van der Waals surface area contributed by atoms with Crippen LogP contribution in [-0.4, -0.2) is 41.1 Å². The third kappa shape index (κ3) is 6.39. The number of carbonyl (C=O) groups is 2. The third-order valence-electron chi connectivity index (χ3n) is 4.79. The van der Waals surface area contributed by atoms with Crippen molar-refractivity contribution in [2.24, 2.45) is 0 Å². The number of sulfonamides is 1. The Kier molecular flexibility index (Phi) is 8.67. The van der Waals surface area contributed by atoms with Crippen molar-refractivity contribution in [3.05, 3.63) is 75.8 Å². The number of amides is 1. The van der Waals surface area contributed by atoms with Crippen molar-refractivity contribution in [3.8, 4) is 11.5 Å². The van der Waals surface area contributed by atoms with Crippen LogP contribution in [0, 0.1) is 0 Å². The van der Waals surface area contributed by atoms with E-state index >= 15 is 0 Å². The predicted octanol–water partition coefficient (Wildman–Crippen LogP) is 5.24. The van der Waals surface area contributed by atoms with E-state index in [0.29, 0.717) is 11.3 Å². The van der Waals surface area contributed by atoms with Crippen molar-refractivity contribution in [2.45, 2.75) is 11.8 Å². The van der Waals surface area contributed by atoms with Gasteiger partial charge in [0.25, 0.3) is 15.9 Å². The summed E-state index contributed by atoms with van der Waals surface area (Å²) in [6.07, 6.45) is 0. The summed E-state index contributed by atoms with van der Waals surface area (Å²) in [4.78, 5) is 24.6. The maximum absolute atomic E-state index is 13.0. The van der Waals surface area contributed by atoms with Gasteiger partial charge < -0.3 is 19.5 Å². The number of benzene rings is 3. The van der Waals surface area contributed by atoms with Crippen LogP contribution in [0.15, 0.2) is 59.5 Å². The molecule has 3 rings (SSSR count). The van der Waals surface area contributed by atoms with Crippen LogP contribution in [0.25, 0.3) is 0 Å². The summed E-state index contributed by atoms with van der Waals surface area (Å²) < 4.78 is 44.0. The molecule has 0 aliphatic heterocycles. The largest absolute Gasteiger partial charge is 0.493 e. The average Bonchev–Trinajstić information content (AvgIpc) is 2.83. The highest BCUT2D eigenvalue weighted by Crippen LogP contribution is 2.38. The maximum atomic E-state index is 13.0. The molecule has 12 heteroatoms. The fraction of sp³-hybridized carbons (Fsp3) is 0.167. The minimum Gasteiger partial charge on any atom is -0.493 e. The molecule has 0 fully saturated rings. The van der Waals surface area contributed by atoms with Crippen molar-refractivity contribution in [1.82, 2.24) is 0 Å². The second-order valence-electron chi connectivity index (χ2n) is 7.22. The van der Waals surface area contributed by atoms with E-state index in [4.69, 9.17) is 37.4 Å². The molecule has 190 valence electrons. The summed E-state index contributed by atoms with van der Waals surface area (Å²) in [6.45, 7) is 1.95. The molecular weight excluding hydrogens is 531 g/mol. The minimum atomic E-state index is -4.16. The first-order chi connectivity index (χ1) is 17.1. The number of hydrogen-bond acceptors (Lipinski definition) is 7. The van der Waals surface area contributed by atoms with Gasteiger partial charge in [-0.25, -0.2) is 13.2 Å². The van der Waals surface area contributed by atoms with Crippen LogP contribution < -0.4 is 19.5 Å². The van der Waals surface area contributed by atoms with Crippen molar-refractivity contribution >= 4 is 56.5 Å². The highest BCUT2D eigenvalue weighted by Gasteiger charge is 2.22. The normalized spacial score (nSPS) is 10.9. The number of methoxy groups -OCH3 is 2. The molecule has 0 spiro atoms. The maximum Gasteiger partial charge on any atom is 0.338 e. The Labute approximate surface area is 218 Å². The van der Waals surface area contributed by atoms with Crippen LogP contribution in [0.3, 0.4) is 0 Å². The Morgan fingerprint density at radius 3 is 2.08 bits per heavy atom. The molecule has 0 radical (unpaired) electrons. The van der Waals surface area contributed by atoms with Gasteiger partial charge in [-0.1, -0.05) is 23.2 Å². The van der Waals surface area contributed by atoms with Crippen molar-refractivity contribution < 1.29 is 32.2 Å². The molecule has 0 unspecified atom stereocenters.